The van der Waals surface area contributed by atoms with E-state index in [9.17, 15) is 0 Å². The molecule has 0 amide bonds. The van der Waals surface area contributed by atoms with E-state index in [0.29, 0.717) is 12.5 Å². The van der Waals surface area contributed by atoms with Crippen molar-refractivity contribution < 1.29 is 5.11 Å². The monoisotopic (exact) mass is 303 g/mol. The van der Waals surface area contributed by atoms with Gasteiger partial charge in [-0.1, -0.05) is 0 Å². The van der Waals surface area contributed by atoms with E-state index in [1.165, 1.54) is 14.2 Å². The zero-order valence-electron chi connectivity index (χ0n) is 9.58. The number of likely N-dealkylation sites (tertiary alicyclic amines) is 1. The molecule has 0 radical (unpaired) electrons. The van der Waals surface area contributed by atoms with Crippen LogP contribution in [0.4, 0.5) is 0 Å². The molecule has 2 nitrogen and oxygen atoms in total. The van der Waals surface area contributed by atoms with Crippen LogP contribution in [0.15, 0.2) is 9.85 Å². The van der Waals surface area contributed by atoms with Crippen molar-refractivity contribution in [2.45, 2.75) is 26.3 Å². The largest absolute Gasteiger partial charge is 0.396 e. The van der Waals surface area contributed by atoms with E-state index < -0.39 is 0 Å². The fourth-order valence-corrected chi connectivity index (χ4v) is 3.82. The zero-order chi connectivity index (χ0) is 11.5. The molecule has 1 aliphatic rings. The Bertz CT molecular complexity index is 325. The average molecular weight is 304 g/mol. The number of nitrogens with zero attached hydrogens (tertiary/aromatic N) is 1. The summed E-state index contributed by atoms with van der Waals surface area (Å²) in [5.74, 6) is 0.535. The van der Waals surface area contributed by atoms with Gasteiger partial charge in [0.25, 0.3) is 0 Å². The van der Waals surface area contributed by atoms with Gasteiger partial charge in [0.15, 0.2) is 0 Å². The van der Waals surface area contributed by atoms with Gasteiger partial charge in [0, 0.05) is 18.0 Å². The lowest BCUT2D eigenvalue weighted by atomic mass is 9.98. The van der Waals surface area contributed by atoms with Crippen LogP contribution in [-0.4, -0.2) is 29.7 Å². The Kier molecular flexibility index (Phi) is 4.41. The van der Waals surface area contributed by atoms with Gasteiger partial charge in [0.05, 0.1) is 3.79 Å². The number of thiophene rings is 1. The SMILES string of the molecule is Cc1cc(CN2CCC(CO)CC2)sc1Br. The molecule has 4 heteroatoms. The van der Waals surface area contributed by atoms with Gasteiger partial charge >= 0.3 is 0 Å². The maximum atomic E-state index is 9.08. The van der Waals surface area contributed by atoms with Crippen LogP contribution in [0.5, 0.6) is 0 Å². The van der Waals surface area contributed by atoms with Gasteiger partial charge in [-0.15, -0.1) is 11.3 Å². The van der Waals surface area contributed by atoms with E-state index in [1.54, 1.807) is 0 Å². The molecule has 1 saturated heterocycles. The molecular formula is C12H18BrNOS. The fraction of sp³-hybridized carbons (Fsp3) is 0.667. The second-order valence-corrected chi connectivity index (χ2v) is 7.03. The first-order valence-corrected chi connectivity index (χ1v) is 7.38. The number of hydrogen-bond donors (Lipinski definition) is 1. The lowest BCUT2D eigenvalue weighted by Crippen LogP contribution is -2.34. The molecule has 1 N–H and O–H groups in total. The Morgan fingerprint density at radius 3 is 2.69 bits per heavy atom. The molecule has 1 fully saturated rings. The smallest absolute Gasteiger partial charge is 0.0730 e. The van der Waals surface area contributed by atoms with E-state index in [1.807, 2.05) is 11.3 Å². The molecule has 90 valence electrons. The van der Waals surface area contributed by atoms with Gasteiger partial charge in [-0.05, 0) is 66.3 Å². The highest BCUT2D eigenvalue weighted by Crippen LogP contribution is 2.29. The summed E-state index contributed by atoms with van der Waals surface area (Å²) in [6, 6.07) is 2.27. The van der Waals surface area contributed by atoms with Gasteiger partial charge in [0.2, 0.25) is 0 Å². The van der Waals surface area contributed by atoms with Crippen LogP contribution in [0.2, 0.25) is 0 Å². The van der Waals surface area contributed by atoms with Crippen LogP contribution >= 0.6 is 27.3 Å². The highest BCUT2D eigenvalue weighted by Gasteiger charge is 2.19. The Morgan fingerprint density at radius 2 is 2.19 bits per heavy atom. The van der Waals surface area contributed by atoms with Gasteiger partial charge in [-0.3, -0.25) is 4.90 Å². The molecule has 2 heterocycles. The predicted molar refractivity (Wildman–Crippen MR) is 71.8 cm³/mol. The molecule has 2 rings (SSSR count). The summed E-state index contributed by atoms with van der Waals surface area (Å²) >= 11 is 5.41. The van der Waals surface area contributed by atoms with Crippen LogP contribution in [0.1, 0.15) is 23.3 Å². The zero-order valence-corrected chi connectivity index (χ0v) is 12.0. The Hall–Kier alpha value is 0.100. The maximum absolute atomic E-state index is 9.08. The minimum atomic E-state index is 0.359. The van der Waals surface area contributed by atoms with Crippen LogP contribution in [0, 0.1) is 12.8 Å². The average Bonchev–Trinajstić information content (AvgIpc) is 2.59. The highest BCUT2D eigenvalue weighted by atomic mass is 79.9. The van der Waals surface area contributed by atoms with Gasteiger partial charge in [-0.25, -0.2) is 0 Å². The minimum absolute atomic E-state index is 0.359. The number of aliphatic hydroxyl groups excluding tert-OH is 1. The van der Waals surface area contributed by atoms with E-state index in [2.05, 4.69) is 33.8 Å². The third-order valence-electron chi connectivity index (χ3n) is 3.25. The Balaban J connectivity index is 1.87. The molecule has 0 saturated carbocycles. The van der Waals surface area contributed by atoms with Crippen molar-refractivity contribution in [3.8, 4) is 0 Å². The van der Waals surface area contributed by atoms with Crippen LogP contribution in [-0.2, 0) is 6.54 Å². The molecule has 0 aliphatic carbocycles. The first kappa shape index (κ1) is 12.6. The second-order valence-electron chi connectivity index (χ2n) is 4.57. The molecule has 0 unspecified atom stereocenters. The topological polar surface area (TPSA) is 23.5 Å². The standard InChI is InChI=1S/C12H18BrNOS/c1-9-6-11(16-12(9)13)7-14-4-2-10(8-15)3-5-14/h6,10,15H,2-5,7-8H2,1H3. The molecule has 1 aliphatic heterocycles. The quantitative estimate of drug-likeness (QED) is 0.928. The third-order valence-corrected chi connectivity index (χ3v) is 5.37. The molecule has 16 heavy (non-hydrogen) atoms. The number of hydrogen-bond acceptors (Lipinski definition) is 3. The summed E-state index contributed by atoms with van der Waals surface area (Å²) < 4.78 is 1.26. The van der Waals surface area contributed by atoms with Crippen molar-refractivity contribution in [2.75, 3.05) is 19.7 Å². The minimum Gasteiger partial charge on any atom is -0.396 e. The van der Waals surface area contributed by atoms with Crippen molar-refractivity contribution in [1.29, 1.82) is 0 Å². The Labute approximate surface area is 109 Å². The van der Waals surface area contributed by atoms with E-state index in [0.717, 1.165) is 32.5 Å². The summed E-state index contributed by atoms with van der Waals surface area (Å²) in [6.45, 7) is 5.81. The van der Waals surface area contributed by atoms with Crippen LogP contribution in [0.3, 0.4) is 0 Å². The van der Waals surface area contributed by atoms with Crippen LogP contribution < -0.4 is 0 Å². The summed E-state index contributed by atoms with van der Waals surface area (Å²) in [5, 5.41) is 9.08. The normalized spacial score (nSPS) is 19.2. The lowest BCUT2D eigenvalue weighted by molar-refractivity contribution is 0.128. The third kappa shape index (κ3) is 3.06. The Morgan fingerprint density at radius 1 is 1.50 bits per heavy atom. The molecule has 0 spiro atoms. The van der Waals surface area contributed by atoms with Gasteiger partial charge in [0.1, 0.15) is 0 Å². The summed E-state index contributed by atoms with van der Waals surface area (Å²) in [4.78, 5) is 3.93. The second kappa shape index (κ2) is 5.63. The summed E-state index contributed by atoms with van der Waals surface area (Å²) in [5.41, 5.74) is 1.34. The van der Waals surface area contributed by atoms with E-state index in [-0.39, 0.29) is 0 Å². The lowest BCUT2D eigenvalue weighted by Gasteiger charge is -2.30. The number of halogens is 1. The number of piperidine rings is 1. The first-order valence-electron chi connectivity index (χ1n) is 5.77. The van der Waals surface area contributed by atoms with E-state index in [4.69, 9.17) is 5.11 Å². The molecule has 1 aromatic rings. The molecule has 0 atom stereocenters. The van der Waals surface area contributed by atoms with E-state index >= 15 is 0 Å². The number of aryl methyl sites for hydroxylation is 1. The fourth-order valence-electron chi connectivity index (χ4n) is 2.15. The van der Waals surface area contributed by atoms with Crippen molar-refractivity contribution in [2.24, 2.45) is 5.92 Å². The van der Waals surface area contributed by atoms with Crippen molar-refractivity contribution in [3.05, 3.63) is 20.3 Å². The number of rotatable bonds is 3. The van der Waals surface area contributed by atoms with Crippen molar-refractivity contribution in [1.82, 2.24) is 4.90 Å². The van der Waals surface area contributed by atoms with Crippen LogP contribution in [0.25, 0.3) is 0 Å². The van der Waals surface area contributed by atoms with Gasteiger partial charge < -0.3 is 5.11 Å². The van der Waals surface area contributed by atoms with Crippen molar-refractivity contribution in [3.63, 3.8) is 0 Å². The molecule has 0 aromatic carbocycles. The summed E-state index contributed by atoms with van der Waals surface area (Å²) in [6.07, 6.45) is 2.28. The highest BCUT2D eigenvalue weighted by molar-refractivity contribution is 9.11. The maximum Gasteiger partial charge on any atom is 0.0730 e. The van der Waals surface area contributed by atoms with Crippen molar-refractivity contribution >= 4 is 27.3 Å². The van der Waals surface area contributed by atoms with Gasteiger partial charge in [-0.2, -0.15) is 0 Å². The number of aliphatic hydroxyl groups is 1. The summed E-state index contributed by atoms with van der Waals surface area (Å²) in [7, 11) is 0. The first-order chi connectivity index (χ1) is 7.69. The molecule has 0 bridgehead atoms. The predicted octanol–water partition coefficient (Wildman–Crippen LogP) is 3.02. The molecule has 1 aromatic heterocycles. The molecular weight excluding hydrogens is 286 g/mol.